The minimum atomic E-state index is -0.0812. The van der Waals surface area contributed by atoms with Gasteiger partial charge in [0, 0.05) is 32.8 Å². The maximum atomic E-state index is 11.6. The minimum absolute atomic E-state index is 0.0812. The molecule has 3 atom stereocenters. The van der Waals surface area contributed by atoms with Gasteiger partial charge < -0.3 is 19.5 Å². The van der Waals surface area contributed by atoms with Crippen LogP contribution in [-0.2, 0) is 19.0 Å². The smallest absolute Gasteiger partial charge is 0.246 e. The van der Waals surface area contributed by atoms with Gasteiger partial charge in [-0.2, -0.15) is 0 Å². The normalized spacial score (nSPS) is 25.4. The van der Waals surface area contributed by atoms with Gasteiger partial charge in [0.15, 0.2) is 0 Å². The van der Waals surface area contributed by atoms with Crippen LogP contribution in [0.2, 0.25) is 0 Å². The van der Waals surface area contributed by atoms with Crippen LogP contribution in [0.3, 0.4) is 0 Å². The molecule has 0 aromatic heterocycles. The third-order valence-corrected chi connectivity index (χ3v) is 3.33. The van der Waals surface area contributed by atoms with Gasteiger partial charge in [-0.05, 0) is 20.8 Å². The topological polar surface area (TPSA) is 60.0 Å². The van der Waals surface area contributed by atoms with E-state index >= 15 is 0 Å². The summed E-state index contributed by atoms with van der Waals surface area (Å²) in [5.74, 6) is -0.0812. The molecule has 20 heavy (non-hydrogen) atoms. The van der Waals surface area contributed by atoms with Gasteiger partial charge in [0.2, 0.25) is 5.91 Å². The van der Waals surface area contributed by atoms with Crippen molar-refractivity contribution in [2.75, 3.05) is 46.6 Å². The minimum Gasteiger partial charge on any atom is -0.382 e. The lowest BCUT2D eigenvalue weighted by Crippen LogP contribution is -2.52. The average Bonchev–Trinajstić information content (AvgIpc) is 2.40. The molecule has 6 nitrogen and oxygen atoms in total. The number of rotatable bonds is 8. The van der Waals surface area contributed by atoms with Crippen molar-refractivity contribution in [1.82, 2.24) is 10.2 Å². The van der Waals surface area contributed by atoms with Crippen molar-refractivity contribution >= 4 is 5.91 Å². The summed E-state index contributed by atoms with van der Waals surface area (Å²) in [4.78, 5) is 14.0. The Labute approximate surface area is 121 Å². The Bertz CT molecular complexity index is 278. The quantitative estimate of drug-likeness (QED) is 0.649. The summed E-state index contributed by atoms with van der Waals surface area (Å²) in [6.45, 7) is 9.77. The molecule has 6 heteroatoms. The largest absolute Gasteiger partial charge is 0.382 e. The van der Waals surface area contributed by atoms with E-state index in [1.165, 1.54) is 0 Å². The fourth-order valence-electron chi connectivity index (χ4n) is 2.33. The molecule has 0 unspecified atom stereocenters. The van der Waals surface area contributed by atoms with Crippen LogP contribution in [-0.4, -0.2) is 75.6 Å². The van der Waals surface area contributed by atoms with Crippen LogP contribution in [0.15, 0.2) is 0 Å². The Morgan fingerprint density at radius 2 is 2.00 bits per heavy atom. The number of amides is 1. The molecular formula is C14H28N2O4. The van der Waals surface area contributed by atoms with Crippen LogP contribution >= 0.6 is 0 Å². The summed E-state index contributed by atoms with van der Waals surface area (Å²) < 4.78 is 15.7. The molecule has 0 saturated carbocycles. The standard InChI is InChI=1S/C14H28N2O4/c1-11(16-8-12(2)20-13(3)9-16)7-15-14(17)10-19-6-5-18-4/h11-13H,5-10H2,1-4H3,(H,15,17)/t11-,12-,13+/m0/s1. The fourth-order valence-corrected chi connectivity index (χ4v) is 2.33. The van der Waals surface area contributed by atoms with Crippen LogP contribution in [0.5, 0.6) is 0 Å². The van der Waals surface area contributed by atoms with Crippen molar-refractivity contribution in [3.05, 3.63) is 0 Å². The van der Waals surface area contributed by atoms with Gasteiger partial charge in [-0.3, -0.25) is 9.69 Å². The molecule has 1 aliphatic rings. The first kappa shape index (κ1) is 17.4. The van der Waals surface area contributed by atoms with Crippen molar-refractivity contribution in [3.8, 4) is 0 Å². The molecule has 1 aliphatic heterocycles. The lowest BCUT2D eigenvalue weighted by molar-refractivity contribution is -0.126. The van der Waals surface area contributed by atoms with E-state index in [0.29, 0.717) is 25.8 Å². The van der Waals surface area contributed by atoms with E-state index in [2.05, 4.69) is 31.0 Å². The summed E-state index contributed by atoms with van der Waals surface area (Å²) in [5.41, 5.74) is 0. The van der Waals surface area contributed by atoms with Gasteiger partial charge in [0.25, 0.3) is 0 Å². The molecule has 1 amide bonds. The molecule has 0 spiro atoms. The molecule has 0 aliphatic carbocycles. The van der Waals surface area contributed by atoms with Gasteiger partial charge in [-0.1, -0.05) is 0 Å². The first-order valence-corrected chi connectivity index (χ1v) is 7.25. The molecule has 1 rings (SSSR count). The summed E-state index contributed by atoms with van der Waals surface area (Å²) in [7, 11) is 1.61. The highest BCUT2D eigenvalue weighted by Crippen LogP contribution is 2.13. The van der Waals surface area contributed by atoms with E-state index in [1.807, 2.05) is 0 Å². The number of ether oxygens (including phenoxy) is 3. The van der Waals surface area contributed by atoms with Gasteiger partial charge in [-0.15, -0.1) is 0 Å². The van der Waals surface area contributed by atoms with Gasteiger partial charge in [0.05, 0.1) is 25.4 Å². The van der Waals surface area contributed by atoms with Crippen molar-refractivity contribution in [2.24, 2.45) is 0 Å². The molecule has 0 bridgehead atoms. The molecule has 0 aromatic rings. The van der Waals surface area contributed by atoms with Gasteiger partial charge >= 0.3 is 0 Å². The molecule has 1 saturated heterocycles. The molecule has 1 fully saturated rings. The summed E-state index contributed by atoms with van der Waals surface area (Å²) >= 11 is 0. The average molecular weight is 288 g/mol. The fraction of sp³-hybridized carbons (Fsp3) is 0.929. The van der Waals surface area contributed by atoms with Crippen LogP contribution in [0, 0.1) is 0 Å². The summed E-state index contributed by atoms with van der Waals surface area (Å²) in [5, 5.41) is 2.90. The first-order chi connectivity index (χ1) is 9.52. The predicted octanol–water partition coefficient (Wildman–Crippen LogP) is 0.263. The van der Waals surface area contributed by atoms with Crippen molar-refractivity contribution < 1.29 is 19.0 Å². The Kier molecular flexibility index (Phi) is 8.06. The van der Waals surface area contributed by atoms with Crippen LogP contribution in [0.25, 0.3) is 0 Å². The van der Waals surface area contributed by atoms with Crippen LogP contribution < -0.4 is 5.32 Å². The highest BCUT2D eigenvalue weighted by Gasteiger charge is 2.25. The molecule has 0 radical (unpaired) electrons. The highest BCUT2D eigenvalue weighted by molar-refractivity contribution is 5.77. The van der Waals surface area contributed by atoms with Crippen LogP contribution in [0.1, 0.15) is 20.8 Å². The second-order valence-corrected chi connectivity index (χ2v) is 5.41. The van der Waals surface area contributed by atoms with Crippen molar-refractivity contribution in [3.63, 3.8) is 0 Å². The highest BCUT2D eigenvalue weighted by atomic mass is 16.5. The molecule has 0 aromatic carbocycles. The lowest BCUT2D eigenvalue weighted by atomic mass is 10.2. The predicted molar refractivity (Wildman–Crippen MR) is 76.7 cm³/mol. The molecule has 1 heterocycles. The third-order valence-electron chi connectivity index (χ3n) is 3.33. The number of nitrogens with zero attached hydrogens (tertiary/aromatic N) is 1. The maximum absolute atomic E-state index is 11.6. The van der Waals surface area contributed by atoms with Crippen molar-refractivity contribution in [2.45, 2.75) is 39.0 Å². The number of nitrogens with one attached hydrogen (secondary N) is 1. The molecular weight excluding hydrogens is 260 g/mol. The Morgan fingerprint density at radius 3 is 2.60 bits per heavy atom. The molecule has 118 valence electrons. The summed E-state index contributed by atoms with van der Waals surface area (Å²) in [6, 6.07) is 0.298. The third kappa shape index (κ3) is 6.65. The van der Waals surface area contributed by atoms with E-state index in [0.717, 1.165) is 13.1 Å². The Hall–Kier alpha value is -0.690. The maximum Gasteiger partial charge on any atom is 0.246 e. The number of hydrogen-bond donors (Lipinski definition) is 1. The monoisotopic (exact) mass is 288 g/mol. The second-order valence-electron chi connectivity index (χ2n) is 5.41. The Morgan fingerprint density at radius 1 is 1.35 bits per heavy atom. The number of carbonyl (C=O) groups is 1. The number of hydrogen-bond acceptors (Lipinski definition) is 5. The zero-order valence-electron chi connectivity index (χ0n) is 13.1. The van der Waals surface area contributed by atoms with Crippen LogP contribution in [0.4, 0.5) is 0 Å². The lowest BCUT2D eigenvalue weighted by Gasteiger charge is -2.38. The SMILES string of the molecule is COCCOCC(=O)NC[C@H](C)N1C[C@@H](C)O[C@@H](C)C1. The molecule has 1 N–H and O–H groups in total. The Balaban J connectivity index is 2.18. The zero-order chi connectivity index (χ0) is 15.0. The summed E-state index contributed by atoms with van der Waals surface area (Å²) in [6.07, 6.45) is 0.489. The second kappa shape index (κ2) is 9.28. The van der Waals surface area contributed by atoms with E-state index < -0.39 is 0 Å². The van der Waals surface area contributed by atoms with E-state index in [1.54, 1.807) is 7.11 Å². The number of morpholine rings is 1. The van der Waals surface area contributed by atoms with E-state index in [-0.39, 0.29) is 24.7 Å². The van der Waals surface area contributed by atoms with Crippen molar-refractivity contribution in [1.29, 1.82) is 0 Å². The van der Waals surface area contributed by atoms with Gasteiger partial charge in [0.1, 0.15) is 6.61 Å². The number of methoxy groups -OCH3 is 1. The first-order valence-electron chi connectivity index (χ1n) is 7.25. The van der Waals surface area contributed by atoms with Gasteiger partial charge in [-0.25, -0.2) is 0 Å². The number of carbonyl (C=O) groups excluding carboxylic acids is 1. The van der Waals surface area contributed by atoms with E-state index in [9.17, 15) is 4.79 Å². The zero-order valence-corrected chi connectivity index (χ0v) is 13.1. The van der Waals surface area contributed by atoms with E-state index in [4.69, 9.17) is 14.2 Å².